The zero-order valence-corrected chi connectivity index (χ0v) is 20.6. The topological polar surface area (TPSA) is 125 Å². The Morgan fingerprint density at radius 1 is 1.25 bits per heavy atom. The average Bonchev–Trinajstić information content (AvgIpc) is 3.48. The Kier molecular flexibility index (Phi) is 6.37. The van der Waals surface area contributed by atoms with Gasteiger partial charge in [0.15, 0.2) is 0 Å². The molecule has 0 aromatic heterocycles. The number of halogens is 1. The van der Waals surface area contributed by atoms with Crippen LogP contribution in [0.5, 0.6) is 5.75 Å². The number of ether oxygens (including phenoxy) is 1. The van der Waals surface area contributed by atoms with Gasteiger partial charge in [-0.1, -0.05) is 13.0 Å². The molecular formula is C25H28FN3O6S. The number of anilines is 1. The molecule has 0 unspecified atom stereocenters. The largest absolute Gasteiger partial charge is 0.492 e. The normalized spacial score (nSPS) is 22.8. The van der Waals surface area contributed by atoms with Crippen LogP contribution in [-0.4, -0.2) is 62.6 Å². The lowest BCUT2D eigenvalue weighted by Gasteiger charge is -2.21. The van der Waals surface area contributed by atoms with Crippen LogP contribution in [-0.2, 0) is 21.2 Å². The Balaban J connectivity index is 1.40. The molecule has 0 bridgehead atoms. The fraction of sp³-hybridized carbons (Fsp3) is 0.440. The lowest BCUT2D eigenvalue weighted by atomic mass is 10.0. The molecule has 2 aromatic rings. The minimum absolute atomic E-state index is 0.0164. The summed E-state index contributed by atoms with van der Waals surface area (Å²) in [5.41, 5.74) is 0.340. The number of fused-ring (bicyclic) bond motifs is 3. The molecule has 36 heavy (non-hydrogen) atoms. The third-order valence-corrected chi connectivity index (χ3v) is 8.62. The Bertz CT molecular complexity index is 1330. The number of rotatable bonds is 8. The highest BCUT2D eigenvalue weighted by atomic mass is 32.2. The number of carbonyl (C=O) groups excluding carboxylic acids is 1. The summed E-state index contributed by atoms with van der Waals surface area (Å²) in [5, 5.41) is 12.7. The second-order valence-corrected chi connectivity index (χ2v) is 11.3. The second kappa shape index (κ2) is 9.36. The number of carbonyl (C=O) groups is 2. The van der Waals surface area contributed by atoms with Crippen LogP contribution in [0.25, 0.3) is 0 Å². The maximum Gasteiger partial charge on any atom is 0.341 e. The summed E-state index contributed by atoms with van der Waals surface area (Å²) in [7, 11) is -4.36. The van der Waals surface area contributed by atoms with Crippen molar-refractivity contribution in [3.63, 3.8) is 0 Å². The molecule has 2 fully saturated rings. The highest BCUT2D eigenvalue weighted by Gasteiger charge is 2.45. The fourth-order valence-corrected chi connectivity index (χ4v) is 6.48. The van der Waals surface area contributed by atoms with Crippen molar-refractivity contribution in [2.45, 2.75) is 43.0 Å². The van der Waals surface area contributed by atoms with Crippen molar-refractivity contribution < 1.29 is 32.2 Å². The summed E-state index contributed by atoms with van der Waals surface area (Å²) in [5.74, 6) is -1.64. The van der Waals surface area contributed by atoms with Gasteiger partial charge in [-0.15, -0.1) is 0 Å². The van der Waals surface area contributed by atoms with E-state index >= 15 is 0 Å². The number of aromatic carboxylic acids is 1. The van der Waals surface area contributed by atoms with Gasteiger partial charge < -0.3 is 20.1 Å². The first-order valence-electron chi connectivity index (χ1n) is 12.0. The quantitative estimate of drug-likeness (QED) is 0.492. The van der Waals surface area contributed by atoms with Gasteiger partial charge in [0.1, 0.15) is 17.1 Å². The molecule has 1 saturated carbocycles. The van der Waals surface area contributed by atoms with Gasteiger partial charge in [0.25, 0.3) is 10.0 Å². The predicted octanol–water partition coefficient (Wildman–Crippen LogP) is 2.57. The summed E-state index contributed by atoms with van der Waals surface area (Å²) in [6.07, 6.45) is 1.36. The van der Waals surface area contributed by atoms with Gasteiger partial charge in [-0.2, -0.15) is 0 Å². The van der Waals surface area contributed by atoms with Crippen LogP contribution < -0.4 is 14.8 Å². The van der Waals surface area contributed by atoms with Crippen molar-refractivity contribution in [3.05, 3.63) is 52.8 Å². The van der Waals surface area contributed by atoms with Crippen molar-refractivity contribution in [1.29, 1.82) is 0 Å². The van der Waals surface area contributed by atoms with E-state index in [9.17, 15) is 27.5 Å². The van der Waals surface area contributed by atoms with Crippen molar-refractivity contribution in [2.75, 3.05) is 31.0 Å². The van der Waals surface area contributed by atoms with Crippen LogP contribution in [0.1, 0.15) is 47.2 Å². The lowest BCUT2D eigenvalue weighted by Crippen LogP contribution is -2.38. The number of carboxylic acid groups (broad SMARTS) is 1. The molecule has 1 saturated heterocycles. The molecule has 3 aliphatic rings. The van der Waals surface area contributed by atoms with Crippen LogP contribution in [0.3, 0.4) is 0 Å². The monoisotopic (exact) mass is 517 g/mol. The van der Waals surface area contributed by atoms with Crippen molar-refractivity contribution in [1.82, 2.24) is 10.2 Å². The Hall–Kier alpha value is -3.18. The number of nitrogens with one attached hydrogen (secondary N) is 2. The maximum absolute atomic E-state index is 14.1. The summed E-state index contributed by atoms with van der Waals surface area (Å²) in [4.78, 5) is 26.7. The molecule has 3 N–H and O–H groups in total. The summed E-state index contributed by atoms with van der Waals surface area (Å²) < 4.78 is 48.8. The first-order valence-corrected chi connectivity index (χ1v) is 13.5. The average molecular weight is 518 g/mol. The minimum Gasteiger partial charge on any atom is -0.492 e. The van der Waals surface area contributed by atoms with E-state index < -0.39 is 27.7 Å². The number of likely N-dealkylation sites (tertiary alicyclic amines) is 1. The smallest absolute Gasteiger partial charge is 0.341 e. The van der Waals surface area contributed by atoms with E-state index in [1.165, 1.54) is 6.07 Å². The van der Waals surface area contributed by atoms with Crippen LogP contribution >= 0.6 is 0 Å². The van der Waals surface area contributed by atoms with Crippen LogP contribution in [0.4, 0.5) is 10.1 Å². The first kappa shape index (κ1) is 24.5. The van der Waals surface area contributed by atoms with Crippen LogP contribution in [0.2, 0.25) is 0 Å². The zero-order chi connectivity index (χ0) is 25.6. The number of hydrogen-bond donors (Lipinski definition) is 3. The van der Waals surface area contributed by atoms with Gasteiger partial charge in [0.05, 0.1) is 23.6 Å². The minimum atomic E-state index is -4.36. The molecule has 9 nitrogen and oxygen atoms in total. The summed E-state index contributed by atoms with van der Waals surface area (Å²) in [6, 6.07) is 6.14. The van der Waals surface area contributed by atoms with E-state index in [4.69, 9.17) is 4.74 Å². The second-order valence-electron chi connectivity index (χ2n) is 9.61. The number of amides is 1. The molecule has 2 aliphatic heterocycles. The van der Waals surface area contributed by atoms with E-state index in [1.54, 1.807) is 6.07 Å². The van der Waals surface area contributed by atoms with E-state index in [0.29, 0.717) is 19.1 Å². The molecule has 0 radical (unpaired) electrons. The molecular weight excluding hydrogens is 489 g/mol. The van der Waals surface area contributed by atoms with Gasteiger partial charge in [-0.25, -0.2) is 17.6 Å². The summed E-state index contributed by atoms with van der Waals surface area (Å²) in [6.45, 7) is 4.87. The molecule has 5 rings (SSSR count). The van der Waals surface area contributed by atoms with Gasteiger partial charge in [-0.3, -0.25) is 9.52 Å². The third-order valence-electron chi connectivity index (χ3n) is 7.16. The number of nitrogens with zero attached hydrogens (tertiary/aromatic N) is 1. The third kappa shape index (κ3) is 4.77. The van der Waals surface area contributed by atoms with E-state index in [1.807, 2.05) is 6.92 Å². The molecule has 192 valence electrons. The number of carboxylic acids is 1. The van der Waals surface area contributed by atoms with Crippen molar-refractivity contribution >= 4 is 27.6 Å². The Morgan fingerprint density at radius 3 is 2.78 bits per heavy atom. The number of sulfonamides is 1. The van der Waals surface area contributed by atoms with Gasteiger partial charge >= 0.3 is 5.97 Å². The van der Waals surface area contributed by atoms with Gasteiger partial charge in [0, 0.05) is 25.0 Å². The predicted molar refractivity (Wildman–Crippen MR) is 129 cm³/mol. The van der Waals surface area contributed by atoms with Gasteiger partial charge in [0.2, 0.25) is 5.91 Å². The lowest BCUT2D eigenvalue weighted by molar-refractivity contribution is -0.121. The maximum atomic E-state index is 14.1. The molecule has 1 amide bonds. The van der Waals surface area contributed by atoms with E-state index in [0.717, 1.165) is 49.7 Å². The van der Waals surface area contributed by atoms with Crippen molar-refractivity contribution in [3.8, 4) is 5.75 Å². The zero-order valence-electron chi connectivity index (χ0n) is 19.8. The van der Waals surface area contributed by atoms with Crippen LogP contribution in [0, 0.1) is 11.7 Å². The number of hydrogen-bond acceptors (Lipinski definition) is 6. The number of benzene rings is 2. The molecule has 3 atom stereocenters. The highest BCUT2D eigenvalue weighted by Crippen LogP contribution is 2.55. The first-order chi connectivity index (χ1) is 17.2. The fourth-order valence-electron chi connectivity index (χ4n) is 5.18. The number of likely N-dealkylation sites (N-methyl/N-ethyl adjacent to an activating group) is 1. The standard InChI is InChI=1S/C25H28FN3O6S/c1-2-29-8-7-17(12-29)27-22(30)11-14-9-16(26)3-6-21(14)36(33,34)28-20-5-4-18-19-10-15(19)13-35-24(18)23(20)25(31)32/h3-6,9,15,17,19,28H,2,7-8,10-13H2,1H3,(H,27,30)(H,31,32)/t15-,17-,19-/m0/s1. The molecule has 0 spiro atoms. The highest BCUT2D eigenvalue weighted by molar-refractivity contribution is 7.92. The van der Waals surface area contributed by atoms with Gasteiger partial charge in [-0.05, 0) is 60.7 Å². The SMILES string of the molecule is CCN1CC[C@H](NC(=O)Cc2cc(F)ccc2S(=O)(=O)Nc2ccc3c(c2C(=O)O)OC[C@@H]2C[C@H]32)C1. The molecule has 2 heterocycles. The Morgan fingerprint density at radius 2 is 2.06 bits per heavy atom. The van der Waals surface area contributed by atoms with Crippen molar-refractivity contribution in [2.24, 2.45) is 5.92 Å². The molecule has 11 heteroatoms. The summed E-state index contributed by atoms with van der Waals surface area (Å²) >= 11 is 0. The Labute approximate surface area is 208 Å². The van der Waals surface area contributed by atoms with E-state index in [2.05, 4.69) is 14.9 Å². The van der Waals surface area contributed by atoms with E-state index in [-0.39, 0.29) is 45.8 Å². The molecule has 2 aromatic carbocycles. The van der Waals surface area contributed by atoms with Crippen LogP contribution in [0.15, 0.2) is 35.2 Å². The molecule has 1 aliphatic carbocycles.